The molecule has 0 spiro atoms. The van der Waals surface area contributed by atoms with Crippen LogP contribution in [0.25, 0.3) is 0 Å². The Bertz CT molecular complexity index is 683. The highest BCUT2D eigenvalue weighted by Gasteiger charge is 2.22. The number of carboxylic acid groups (broad SMARTS) is 1. The van der Waals surface area contributed by atoms with Crippen LogP contribution in [0.2, 0.25) is 0 Å². The number of carboxylic acids is 1. The van der Waals surface area contributed by atoms with Crippen LogP contribution >= 0.6 is 0 Å². The van der Waals surface area contributed by atoms with E-state index >= 15 is 0 Å². The Labute approximate surface area is 134 Å². The second-order valence-electron chi connectivity index (χ2n) is 5.02. The number of ketones is 1. The minimum Gasteiger partial charge on any atom is -0.475 e. The fourth-order valence-corrected chi connectivity index (χ4v) is 2.20. The van der Waals surface area contributed by atoms with Gasteiger partial charge in [-0.05, 0) is 24.1 Å². The van der Waals surface area contributed by atoms with Gasteiger partial charge in [0.1, 0.15) is 0 Å². The number of benzene rings is 2. The number of carbonyl (C=O) groups excluding carboxylic acids is 2. The first kappa shape index (κ1) is 16.4. The van der Waals surface area contributed by atoms with Crippen molar-refractivity contribution >= 4 is 23.3 Å². The fraction of sp³-hybridized carbons (Fsp3) is 0.167. The number of nitrogens with zero attached hydrogens (tertiary/aromatic N) is 1. The molecule has 0 fully saturated rings. The summed E-state index contributed by atoms with van der Waals surface area (Å²) in [5, 5.41) is 8.67. The SMILES string of the molecule is O=C(O)C(=O)CC(=O)N(CCc1ccccc1)c1ccccc1. The van der Waals surface area contributed by atoms with Gasteiger partial charge in [0, 0.05) is 12.2 Å². The molecule has 2 rings (SSSR count). The number of para-hydroxylation sites is 1. The van der Waals surface area contributed by atoms with Crippen molar-refractivity contribution in [1.29, 1.82) is 0 Å². The van der Waals surface area contributed by atoms with Gasteiger partial charge in [-0.15, -0.1) is 0 Å². The molecule has 1 amide bonds. The second-order valence-corrected chi connectivity index (χ2v) is 5.02. The quantitative estimate of drug-likeness (QED) is 0.629. The molecule has 1 N–H and O–H groups in total. The van der Waals surface area contributed by atoms with Gasteiger partial charge in [0.25, 0.3) is 0 Å². The first-order chi connectivity index (χ1) is 11.1. The summed E-state index contributed by atoms with van der Waals surface area (Å²) in [6.07, 6.45) is -0.0260. The monoisotopic (exact) mass is 311 g/mol. The molecule has 0 aliphatic rings. The molecule has 0 radical (unpaired) electrons. The zero-order valence-electron chi connectivity index (χ0n) is 12.5. The minimum atomic E-state index is -1.59. The van der Waals surface area contributed by atoms with Gasteiger partial charge in [0.15, 0.2) is 0 Å². The Hall–Kier alpha value is -2.95. The van der Waals surface area contributed by atoms with Crippen molar-refractivity contribution in [3.8, 4) is 0 Å². The van der Waals surface area contributed by atoms with Crippen molar-refractivity contribution in [2.45, 2.75) is 12.8 Å². The molecule has 5 heteroatoms. The third kappa shape index (κ3) is 4.78. The van der Waals surface area contributed by atoms with Crippen molar-refractivity contribution in [2.24, 2.45) is 0 Å². The van der Waals surface area contributed by atoms with Crippen molar-refractivity contribution in [3.05, 3.63) is 66.2 Å². The predicted octanol–water partition coefficient (Wildman–Crippen LogP) is 2.31. The summed E-state index contributed by atoms with van der Waals surface area (Å²) in [6.45, 7) is 0.375. The molecule has 0 heterocycles. The third-order valence-corrected chi connectivity index (χ3v) is 3.39. The van der Waals surface area contributed by atoms with Crippen molar-refractivity contribution in [1.82, 2.24) is 0 Å². The Kier molecular flexibility index (Phi) is 5.63. The van der Waals surface area contributed by atoms with E-state index in [2.05, 4.69) is 0 Å². The van der Waals surface area contributed by atoms with E-state index < -0.39 is 24.1 Å². The Balaban J connectivity index is 2.13. The Morgan fingerprint density at radius 3 is 2.00 bits per heavy atom. The van der Waals surface area contributed by atoms with Crippen LogP contribution in [-0.4, -0.2) is 29.3 Å². The third-order valence-electron chi connectivity index (χ3n) is 3.39. The molecule has 0 bridgehead atoms. The summed E-state index contributed by atoms with van der Waals surface area (Å²) in [4.78, 5) is 35.7. The van der Waals surface area contributed by atoms with Gasteiger partial charge in [0.2, 0.25) is 11.7 Å². The minimum absolute atomic E-state index is 0.375. The number of Topliss-reactive ketones (excluding diaryl/α,β-unsaturated/α-hetero) is 1. The Morgan fingerprint density at radius 1 is 0.870 bits per heavy atom. The van der Waals surface area contributed by atoms with Crippen molar-refractivity contribution in [2.75, 3.05) is 11.4 Å². The van der Waals surface area contributed by atoms with E-state index in [0.29, 0.717) is 18.7 Å². The van der Waals surface area contributed by atoms with E-state index in [0.717, 1.165) is 5.56 Å². The highest BCUT2D eigenvalue weighted by molar-refractivity contribution is 6.36. The van der Waals surface area contributed by atoms with E-state index in [4.69, 9.17) is 5.11 Å². The average molecular weight is 311 g/mol. The maximum absolute atomic E-state index is 12.3. The van der Waals surface area contributed by atoms with E-state index in [-0.39, 0.29) is 0 Å². The normalized spacial score (nSPS) is 10.1. The average Bonchev–Trinajstić information content (AvgIpc) is 2.57. The first-order valence-electron chi connectivity index (χ1n) is 7.23. The van der Waals surface area contributed by atoms with Gasteiger partial charge in [-0.2, -0.15) is 0 Å². The number of aliphatic carboxylic acids is 1. The summed E-state index contributed by atoms with van der Waals surface area (Å²) in [6, 6.07) is 18.6. The number of hydrogen-bond donors (Lipinski definition) is 1. The molecule has 0 aromatic heterocycles. The molecule has 0 atom stereocenters. The van der Waals surface area contributed by atoms with Crippen LogP contribution < -0.4 is 4.90 Å². The number of amides is 1. The standard InChI is InChI=1S/C18H17NO4/c20-16(18(22)23)13-17(21)19(15-9-5-2-6-10-15)12-11-14-7-3-1-4-8-14/h1-10H,11-13H2,(H,22,23). The molecule has 0 unspecified atom stereocenters. The van der Waals surface area contributed by atoms with Crippen LogP contribution in [0.3, 0.4) is 0 Å². The Morgan fingerprint density at radius 2 is 1.43 bits per heavy atom. The molecule has 2 aromatic carbocycles. The van der Waals surface area contributed by atoms with E-state index in [1.54, 1.807) is 24.3 Å². The lowest BCUT2D eigenvalue weighted by Gasteiger charge is -2.22. The smallest absolute Gasteiger partial charge is 0.372 e. The van der Waals surface area contributed by atoms with Crippen LogP contribution in [0.1, 0.15) is 12.0 Å². The predicted molar refractivity (Wildman–Crippen MR) is 86.2 cm³/mol. The molecule has 0 aliphatic heterocycles. The van der Waals surface area contributed by atoms with Gasteiger partial charge in [0.05, 0.1) is 6.42 Å². The lowest BCUT2D eigenvalue weighted by atomic mass is 10.1. The zero-order chi connectivity index (χ0) is 16.7. The molecular formula is C18H17NO4. The van der Waals surface area contributed by atoms with Crippen molar-refractivity contribution in [3.63, 3.8) is 0 Å². The summed E-state index contributed by atoms with van der Waals surface area (Å²) < 4.78 is 0. The van der Waals surface area contributed by atoms with Gasteiger partial charge < -0.3 is 10.0 Å². The summed E-state index contributed by atoms with van der Waals surface area (Å²) in [5.74, 6) is -3.20. The molecule has 2 aromatic rings. The lowest BCUT2D eigenvalue weighted by molar-refractivity contribution is -0.150. The van der Waals surface area contributed by atoms with E-state index in [1.807, 2.05) is 36.4 Å². The van der Waals surface area contributed by atoms with Gasteiger partial charge in [-0.3, -0.25) is 9.59 Å². The zero-order valence-corrected chi connectivity index (χ0v) is 12.5. The summed E-state index contributed by atoms with van der Waals surface area (Å²) in [5.41, 5.74) is 1.71. The molecule has 0 saturated heterocycles. The van der Waals surface area contributed by atoms with Gasteiger partial charge in [-0.25, -0.2) is 4.79 Å². The van der Waals surface area contributed by atoms with E-state index in [9.17, 15) is 14.4 Å². The van der Waals surface area contributed by atoms with Crippen LogP contribution in [0, 0.1) is 0 Å². The summed E-state index contributed by atoms with van der Waals surface area (Å²) in [7, 11) is 0. The first-order valence-corrected chi connectivity index (χ1v) is 7.23. The molecule has 0 saturated carbocycles. The van der Waals surface area contributed by atoms with Crippen LogP contribution in [-0.2, 0) is 20.8 Å². The number of anilines is 1. The van der Waals surface area contributed by atoms with E-state index in [1.165, 1.54) is 4.90 Å². The van der Waals surface area contributed by atoms with Gasteiger partial charge in [-0.1, -0.05) is 48.5 Å². The van der Waals surface area contributed by atoms with Crippen LogP contribution in [0.5, 0.6) is 0 Å². The largest absolute Gasteiger partial charge is 0.475 e. The van der Waals surface area contributed by atoms with Crippen LogP contribution in [0.4, 0.5) is 5.69 Å². The number of carbonyl (C=O) groups is 3. The maximum Gasteiger partial charge on any atom is 0.372 e. The molecule has 0 aliphatic carbocycles. The highest BCUT2D eigenvalue weighted by atomic mass is 16.4. The van der Waals surface area contributed by atoms with Crippen molar-refractivity contribution < 1.29 is 19.5 Å². The molecule has 118 valence electrons. The molecular weight excluding hydrogens is 294 g/mol. The maximum atomic E-state index is 12.3. The number of hydrogen-bond acceptors (Lipinski definition) is 3. The highest BCUT2D eigenvalue weighted by Crippen LogP contribution is 2.16. The fourth-order valence-electron chi connectivity index (χ4n) is 2.20. The molecule has 23 heavy (non-hydrogen) atoms. The van der Waals surface area contributed by atoms with Gasteiger partial charge >= 0.3 is 5.97 Å². The lowest BCUT2D eigenvalue weighted by Crippen LogP contribution is -2.35. The summed E-state index contributed by atoms with van der Waals surface area (Å²) >= 11 is 0. The number of rotatable bonds is 7. The molecule has 5 nitrogen and oxygen atoms in total. The topological polar surface area (TPSA) is 74.7 Å². The second kappa shape index (κ2) is 7.89. The van der Waals surface area contributed by atoms with Crippen LogP contribution in [0.15, 0.2) is 60.7 Å².